The molecule has 0 aliphatic carbocycles. The predicted octanol–water partition coefficient (Wildman–Crippen LogP) is 4.97. The summed E-state index contributed by atoms with van der Waals surface area (Å²) in [5, 5.41) is 4.89. The van der Waals surface area contributed by atoms with Crippen LogP contribution in [0.25, 0.3) is 10.9 Å². The summed E-state index contributed by atoms with van der Waals surface area (Å²) in [5.74, 6) is 0. The van der Waals surface area contributed by atoms with Crippen LogP contribution < -0.4 is 0 Å². The Morgan fingerprint density at radius 3 is 2.77 bits per heavy atom. The molecule has 1 saturated heterocycles. The lowest BCUT2D eigenvalue weighted by Crippen LogP contribution is -2.19. The number of hydrogen-bond acceptors (Lipinski definition) is 2. The first-order valence-electron chi connectivity index (χ1n) is 7.31. The Hall–Kier alpha value is -1.27. The molecule has 0 spiro atoms. The fourth-order valence-corrected chi connectivity index (χ4v) is 3.32. The topological polar surface area (TPSA) is 27.1 Å². The first-order valence-corrected chi connectivity index (χ1v) is 7.68. The van der Waals surface area contributed by atoms with Gasteiger partial charge in [0.2, 0.25) is 0 Å². The van der Waals surface area contributed by atoms with E-state index in [4.69, 9.17) is 16.3 Å². The summed E-state index contributed by atoms with van der Waals surface area (Å²) in [6, 6.07) is 1.14. The van der Waals surface area contributed by atoms with Gasteiger partial charge < -0.3 is 4.74 Å². The Balaban J connectivity index is 2.20. The van der Waals surface area contributed by atoms with Crippen molar-refractivity contribution >= 4 is 22.5 Å². The Labute approximate surface area is 131 Å². The van der Waals surface area contributed by atoms with Crippen molar-refractivity contribution in [2.45, 2.75) is 45.0 Å². The third-order valence-electron chi connectivity index (χ3n) is 4.03. The Morgan fingerprint density at radius 1 is 1.41 bits per heavy atom. The molecular weight excluding hydrogens is 317 g/mol. The van der Waals surface area contributed by atoms with Gasteiger partial charge in [0, 0.05) is 12.0 Å². The van der Waals surface area contributed by atoms with E-state index in [2.05, 4.69) is 5.10 Å². The summed E-state index contributed by atoms with van der Waals surface area (Å²) in [6.45, 7) is 2.26. The first kappa shape index (κ1) is 15.6. The summed E-state index contributed by atoms with van der Waals surface area (Å²) in [5.41, 5.74) is -0.197. The molecule has 3 rings (SSSR count). The van der Waals surface area contributed by atoms with E-state index in [-0.39, 0.29) is 23.2 Å². The molecule has 1 aromatic carbocycles. The maximum Gasteiger partial charge on any atom is 0.416 e. The lowest BCUT2D eigenvalue weighted by atomic mass is 10.0. The van der Waals surface area contributed by atoms with Gasteiger partial charge in [-0.25, -0.2) is 4.68 Å². The van der Waals surface area contributed by atoms with Crippen LogP contribution in [0.4, 0.5) is 13.2 Å². The van der Waals surface area contributed by atoms with Crippen LogP contribution in [0.5, 0.6) is 0 Å². The molecule has 7 heteroatoms. The largest absolute Gasteiger partial charge is 0.416 e. The van der Waals surface area contributed by atoms with Crippen LogP contribution in [0.15, 0.2) is 12.3 Å². The van der Waals surface area contributed by atoms with Crippen LogP contribution in [0.1, 0.15) is 43.5 Å². The van der Waals surface area contributed by atoms with Crippen molar-refractivity contribution in [1.82, 2.24) is 9.78 Å². The Bertz CT molecular complexity index is 690. The number of ether oxygens (including phenoxy) is 1. The maximum absolute atomic E-state index is 13.3. The molecule has 1 aliphatic heterocycles. The van der Waals surface area contributed by atoms with Crippen molar-refractivity contribution in [3.8, 4) is 0 Å². The third-order valence-corrected chi connectivity index (χ3v) is 4.46. The molecule has 3 nitrogen and oxygen atoms in total. The molecule has 0 radical (unpaired) electrons. The quantitative estimate of drug-likeness (QED) is 0.776. The van der Waals surface area contributed by atoms with Gasteiger partial charge in [-0.3, -0.25) is 0 Å². The highest BCUT2D eigenvalue weighted by atomic mass is 35.5. The van der Waals surface area contributed by atoms with Gasteiger partial charge in [-0.1, -0.05) is 18.5 Å². The van der Waals surface area contributed by atoms with Crippen molar-refractivity contribution in [3.63, 3.8) is 0 Å². The fourth-order valence-electron chi connectivity index (χ4n) is 2.93. The van der Waals surface area contributed by atoms with E-state index in [0.717, 1.165) is 25.3 Å². The molecule has 1 aliphatic rings. The molecule has 2 aromatic rings. The minimum Gasteiger partial charge on any atom is -0.356 e. The zero-order chi connectivity index (χ0) is 15.9. The molecule has 120 valence electrons. The van der Waals surface area contributed by atoms with Crippen molar-refractivity contribution in [2.75, 3.05) is 6.61 Å². The van der Waals surface area contributed by atoms with Gasteiger partial charge in [0.25, 0.3) is 0 Å². The summed E-state index contributed by atoms with van der Waals surface area (Å²) in [7, 11) is 0. The van der Waals surface area contributed by atoms with Gasteiger partial charge in [-0.15, -0.1) is 0 Å². The summed E-state index contributed by atoms with van der Waals surface area (Å²) in [6.07, 6.45) is -0.347. The second-order valence-corrected chi connectivity index (χ2v) is 5.79. The highest BCUT2D eigenvalue weighted by molar-refractivity contribution is 6.36. The van der Waals surface area contributed by atoms with Crippen LogP contribution in [0, 0.1) is 0 Å². The predicted molar refractivity (Wildman–Crippen MR) is 78.0 cm³/mol. The molecule has 0 amide bonds. The number of halogens is 4. The zero-order valence-electron chi connectivity index (χ0n) is 12.1. The molecule has 1 atom stereocenters. The minimum atomic E-state index is -4.44. The number of nitrogens with zero attached hydrogens (tertiary/aromatic N) is 2. The average molecular weight is 333 g/mol. The molecule has 1 fully saturated rings. The molecule has 1 unspecified atom stereocenters. The second kappa shape index (κ2) is 5.74. The lowest BCUT2D eigenvalue weighted by molar-refractivity contribution is -0.138. The SMILES string of the molecule is CCc1c(C(F)(F)F)cc2c(cnn2C2CCCCO2)c1Cl. The number of alkyl halides is 3. The maximum atomic E-state index is 13.3. The van der Waals surface area contributed by atoms with E-state index in [1.807, 2.05) is 0 Å². The second-order valence-electron chi connectivity index (χ2n) is 5.41. The van der Waals surface area contributed by atoms with E-state index in [0.29, 0.717) is 17.5 Å². The van der Waals surface area contributed by atoms with Gasteiger partial charge >= 0.3 is 6.18 Å². The average Bonchev–Trinajstić information content (AvgIpc) is 2.91. The van der Waals surface area contributed by atoms with Gasteiger partial charge in [-0.2, -0.15) is 18.3 Å². The molecule has 22 heavy (non-hydrogen) atoms. The van der Waals surface area contributed by atoms with E-state index >= 15 is 0 Å². The van der Waals surface area contributed by atoms with Gasteiger partial charge in [0.05, 0.1) is 22.3 Å². The standard InChI is InChI=1S/C15H16ClF3N2O/c1-2-9-11(15(17,18)19)7-12-10(14(9)16)8-20-21(12)13-5-3-4-6-22-13/h7-8,13H,2-6H2,1H3. The summed E-state index contributed by atoms with van der Waals surface area (Å²) < 4.78 is 47.1. The van der Waals surface area contributed by atoms with Crippen molar-refractivity contribution < 1.29 is 17.9 Å². The third kappa shape index (κ3) is 2.58. The number of benzene rings is 1. The van der Waals surface area contributed by atoms with E-state index in [1.54, 1.807) is 6.92 Å². The van der Waals surface area contributed by atoms with Crippen molar-refractivity contribution in [3.05, 3.63) is 28.4 Å². The van der Waals surface area contributed by atoms with Crippen molar-refractivity contribution in [2.24, 2.45) is 0 Å². The first-order chi connectivity index (χ1) is 10.4. The Kier molecular flexibility index (Phi) is 4.07. The van der Waals surface area contributed by atoms with Gasteiger partial charge in [0.15, 0.2) is 6.23 Å². The molecule has 2 heterocycles. The molecule has 0 bridgehead atoms. The van der Waals surface area contributed by atoms with Gasteiger partial charge in [0.1, 0.15) is 0 Å². The smallest absolute Gasteiger partial charge is 0.356 e. The number of aromatic nitrogens is 2. The van der Waals surface area contributed by atoms with Crippen molar-refractivity contribution in [1.29, 1.82) is 0 Å². The van der Waals surface area contributed by atoms with Gasteiger partial charge in [-0.05, 0) is 37.3 Å². The fraction of sp³-hybridized carbons (Fsp3) is 0.533. The van der Waals surface area contributed by atoms with Crippen LogP contribution >= 0.6 is 11.6 Å². The van der Waals surface area contributed by atoms with E-state index in [1.165, 1.54) is 10.9 Å². The molecular formula is C15H16ClF3N2O. The normalized spacial score (nSPS) is 19.8. The molecule has 1 aromatic heterocycles. The number of rotatable bonds is 2. The number of hydrogen-bond donors (Lipinski definition) is 0. The van der Waals surface area contributed by atoms with Crippen LogP contribution in [0.3, 0.4) is 0 Å². The molecule has 0 saturated carbocycles. The van der Waals surface area contributed by atoms with Crippen LogP contribution in [0.2, 0.25) is 5.02 Å². The van der Waals surface area contributed by atoms with Crippen LogP contribution in [-0.4, -0.2) is 16.4 Å². The summed E-state index contributed by atoms with van der Waals surface area (Å²) >= 11 is 6.21. The minimum absolute atomic E-state index is 0.116. The Morgan fingerprint density at radius 2 is 2.18 bits per heavy atom. The molecule has 0 N–H and O–H groups in total. The number of fused-ring (bicyclic) bond motifs is 1. The highest BCUT2D eigenvalue weighted by Crippen LogP contribution is 2.40. The monoisotopic (exact) mass is 332 g/mol. The van der Waals surface area contributed by atoms with E-state index in [9.17, 15) is 13.2 Å². The van der Waals surface area contributed by atoms with Crippen LogP contribution in [-0.2, 0) is 17.3 Å². The summed E-state index contributed by atoms with van der Waals surface area (Å²) in [4.78, 5) is 0. The zero-order valence-corrected chi connectivity index (χ0v) is 12.8. The van der Waals surface area contributed by atoms with E-state index < -0.39 is 11.7 Å². The lowest BCUT2D eigenvalue weighted by Gasteiger charge is -2.24. The highest BCUT2D eigenvalue weighted by Gasteiger charge is 2.35.